The molecule has 0 saturated carbocycles. The summed E-state index contributed by atoms with van der Waals surface area (Å²) in [5, 5.41) is 0. The van der Waals surface area contributed by atoms with Crippen molar-refractivity contribution in [3.8, 4) is 5.75 Å². The second-order valence-corrected chi connectivity index (χ2v) is 4.01. The lowest BCUT2D eigenvalue weighted by Gasteiger charge is -2.15. The molecular weight excluding hydrogens is 174 g/mol. The maximum absolute atomic E-state index is 6.06. The molecule has 1 aromatic rings. The molecule has 0 aliphatic carbocycles. The lowest BCUT2D eigenvalue weighted by Crippen LogP contribution is -2.12. The molecule has 0 unspecified atom stereocenters. The van der Waals surface area contributed by atoms with Gasteiger partial charge >= 0.3 is 0 Å². The van der Waals surface area contributed by atoms with Gasteiger partial charge in [-0.2, -0.15) is 0 Å². The van der Waals surface area contributed by atoms with Gasteiger partial charge in [-0.05, 0) is 30.0 Å². The summed E-state index contributed by atoms with van der Waals surface area (Å²) in [6, 6.07) is 8.09. The van der Waals surface area contributed by atoms with Crippen molar-refractivity contribution in [1.29, 1.82) is 0 Å². The fourth-order valence-corrected chi connectivity index (χ4v) is 1.52. The van der Waals surface area contributed by atoms with Gasteiger partial charge in [0.15, 0.2) is 0 Å². The zero-order valence-corrected chi connectivity index (χ0v) is 9.16. The molecule has 14 heavy (non-hydrogen) atoms. The molecule has 0 saturated heterocycles. The van der Waals surface area contributed by atoms with Crippen LogP contribution in [0, 0.1) is 5.92 Å². The SMILES string of the molecule is COc1cccc([C@H](N)CC(C)C)c1. The molecule has 2 N–H and O–H groups in total. The van der Waals surface area contributed by atoms with Gasteiger partial charge in [0, 0.05) is 6.04 Å². The molecule has 0 aliphatic rings. The second-order valence-electron chi connectivity index (χ2n) is 4.01. The van der Waals surface area contributed by atoms with Gasteiger partial charge in [0.2, 0.25) is 0 Å². The van der Waals surface area contributed by atoms with E-state index in [0.29, 0.717) is 5.92 Å². The first-order chi connectivity index (χ1) is 6.63. The summed E-state index contributed by atoms with van der Waals surface area (Å²) in [5.74, 6) is 1.50. The molecule has 0 bridgehead atoms. The Labute approximate surface area is 86.1 Å². The zero-order valence-electron chi connectivity index (χ0n) is 9.16. The summed E-state index contributed by atoms with van der Waals surface area (Å²) in [6.07, 6.45) is 1.01. The van der Waals surface area contributed by atoms with Crippen molar-refractivity contribution in [3.05, 3.63) is 29.8 Å². The van der Waals surface area contributed by atoms with Gasteiger partial charge in [-0.15, -0.1) is 0 Å². The average Bonchev–Trinajstić information content (AvgIpc) is 2.17. The molecule has 0 aromatic heterocycles. The summed E-state index contributed by atoms with van der Waals surface area (Å²) < 4.78 is 5.15. The zero-order chi connectivity index (χ0) is 10.6. The van der Waals surface area contributed by atoms with E-state index in [4.69, 9.17) is 10.5 Å². The average molecular weight is 193 g/mol. The van der Waals surface area contributed by atoms with Gasteiger partial charge in [0.1, 0.15) is 5.75 Å². The van der Waals surface area contributed by atoms with Crippen LogP contribution in [0.3, 0.4) is 0 Å². The lowest BCUT2D eigenvalue weighted by atomic mass is 9.98. The molecule has 0 aliphatic heterocycles. The fourth-order valence-electron chi connectivity index (χ4n) is 1.52. The predicted molar refractivity (Wildman–Crippen MR) is 59.4 cm³/mol. The van der Waals surface area contributed by atoms with Crippen molar-refractivity contribution in [2.75, 3.05) is 7.11 Å². The molecule has 0 heterocycles. The van der Waals surface area contributed by atoms with Gasteiger partial charge in [-0.3, -0.25) is 0 Å². The van der Waals surface area contributed by atoms with E-state index in [-0.39, 0.29) is 6.04 Å². The molecule has 2 heteroatoms. The Morgan fingerprint density at radius 3 is 2.64 bits per heavy atom. The molecule has 0 radical (unpaired) electrons. The number of rotatable bonds is 4. The molecule has 78 valence electrons. The van der Waals surface area contributed by atoms with Crippen molar-refractivity contribution >= 4 is 0 Å². The maximum atomic E-state index is 6.06. The van der Waals surface area contributed by atoms with E-state index in [1.165, 1.54) is 0 Å². The van der Waals surface area contributed by atoms with E-state index in [2.05, 4.69) is 19.9 Å². The normalized spacial score (nSPS) is 12.9. The lowest BCUT2D eigenvalue weighted by molar-refractivity contribution is 0.413. The number of benzene rings is 1. The van der Waals surface area contributed by atoms with Crippen LogP contribution in [0.1, 0.15) is 31.9 Å². The summed E-state index contributed by atoms with van der Waals surface area (Å²) in [4.78, 5) is 0. The van der Waals surface area contributed by atoms with E-state index < -0.39 is 0 Å². The van der Waals surface area contributed by atoms with Crippen LogP contribution in [0.25, 0.3) is 0 Å². The third-order valence-electron chi connectivity index (χ3n) is 2.25. The van der Waals surface area contributed by atoms with Gasteiger partial charge in [-0.25, -0.2) is 0 Å². The van der Waals surface area contributed by atoms with Crippen LogP contribution in [0.15, 0.2) is 24.3 Å². The third-order valence-corrected chi connectivity index (χ3v) is 2.25. The van der Waals surface area contributed by atoms with Crippen LogP contribution in [0.4, 0.5) is 0 Å². The van der Waals surface area contributed by atoms with Gasteiger partial charge < -0.3 is 10.5 Å². The minimum Gasteiger partial charge on any atom is -0.497 e. The quantitative estimate of drug-likeness (QED) is 0.798. The first-order valence-corrected chi connectivity index (χ1v) is 5.03. The van der Waals surface area contributed by atoms with Crippen molar-refractivity contribution in [2.24, 2.45) is 11.7 Å². The molecule has 0 spiro atoms. The topological polar surface area (TPSA) is 35.2 Å². The third kappa shape index (κ3) is 3.04. The maximum Gasteiger partial charge on any atom is 0.119 e. The van der Waals surface area contributed by atoms with Crippen LogP contribution in [0.2, 0.25) is 0 Å². The highest BCUT2D eigenvalue weighted by Gasteiger charge is 2.08. The van der Waals surface area contributed by atoms with Gasteiger partial charge in [0.05, 0.1) is 7.11 Å². The largest absolute Gasteiger partial charge is 0.497 e. The van der Waals surface area contributed by atoms with Crippen molar-refractivity contribution in [2.45, 2.75) is 26.3 Å². The summed E-state index contributed by atoms with van der Waals surface area (Å²) in [6.45, 7) is 4.36. The Kier molecular flexibility index (Phi) is 3.96. The Balaban J connectivity index is 2.73. The van der Waals surface area contributed by atoms with Crippen LogP contribution < -0.4 is 10.5 Å². The predicted octanol–water partition coefficient (Wildman–Crippen LogP) is 2.74. The highest BCUT2D eigenvalue weighted by molar-refractivity contribution is 5.30. The van der Waals surface area contributed by atoms with E-state index >= 15 is 0 Å². The number of hydrogen-bond donors (Lipinski definition) is 1. The number of hydrogen-bond acceptors (Lipinski definition) is 2. The van der Waals surface area contributed by atoms with Crippen molar-refractivity contribution < 1.29 is 4.74 Å². The first kappa shape index (κ1) is 11.1. The Bertz CT molecular complexity index is 283. The first-order valence-electron chi connectivity index (χ1n) is 5.03. The van der Waals surface area contributed by atoms with Crippen molar-refractivity contribution in [3.63, 3.8) is 0 Å². The van der Waals surface area contributed by atoms with E-state index in [0.717, 1.165) is 17.7 Å². The van der Waals surface area contributed by atoms with Crippen molar-refractivity contribution in [1.82, 2.24) is 0 Å². The second kappa shape index (κ2) is 5.01. The van der Waals surface area contributed by atoms with E-state index in [1.807, 2.05) is 18.2 Å². The van der Waals surface area contributed by atoms with Gasteiger partial charge in [0.25, 0.3) is 0 Å². The van der Waals surface area contributed by atoms with Crippen LogP contribution >= 0.6 is 0 Å². The monoisotopic (exact) mass is 193 g/mol. The highest BCUT2D eigenvalue weighted by Crippen LogP contribution is 2.22. The molecule has 1 aromatic carbocycles. The number of ether oxygens (including phenoxy) is 1. The fraction of sp³-hybridized carbons (Fsp3) is 0.500. The van der Waals surface area contributed by atoms with Gasteiger partial charge in [-0.1, -0.05) is 26.0 Å². The molecule has 2 nitrogen and oxygen atoms in total. The van der Waals surface area contributed by atoms with E-state index in [1.54, 1.807) is 7.11 Å². The Morgan fingerprint density at radius 1 is 1.36 bits per heavy atom. The summed E-state index contributed by atoms with van der Waals surface area (Å²) in [5.41, 5.74) is 7.21. The summed E-state index contributed by atoms with van der Waals surface area (Å²) >= 11 is 0. The smallest absolute Gasteiger partial charge is 0.119 e. The molecule has 0 fully saturated rings. The number of nitrogens with two attached hydrogens (primary N) is 1. The minimum absolute atomic E-state index is 0.116. The molecule has 1 atom stereocenters. The van der Waals surface area contributed by atoms with Crippen LogP contribution in [0.5, 0.6) is 5.75 Å². The van der Waals surface area contributed by atoms with Crippen LogP contribution in [-0.2, 0) is 0 Å². The standard InChI is InChI=1S/C12H19NO/c1-9(2)7-12(13)10-5-4-6-11(8-10)14-3/h4-6,8-9,12H,7,13H2,1-3H3/t12-/m1/s1. The number of methoxy groups -OCH3 is 1. The highest BCUT2D eigenvalue weighted by atomic mass is 16.5. The Morgan fingerprint density at radius 2 is 2.07 bits per heavy atom. The minimum atomic E-state index is 0.116. The van der Waals surface area contributed by atoms with E-state index in [9.17, 15) is 0 Å². The molecular formula is C12H19NO. The molecule has 0 amide bonds. The Hall–Kier alpha value is -1.02. The molecule has 1 rings (SSSR count). The van der Waals surface area contributed by atoms with Crippen LogP contribution in [-0.4, -0.2) is 7.11 Å². The summed E-state index contributed by atoms with van der Waals surface area (Å²) in [7, 11) is 1.67.